The van der Waals surface area contributed by atoms with E-state index in [1.807, 2.05) is 0 Å². The van der Waals surface area contributed by atoms with Gasteiger partial charge in [-0.1, -0.05) is 42.5 Å². The maximum atomic E-state index is 13.3. The standard InChI is InChI=1S/C32H20O9/c33-19-7-5-6-18(16-19)30(36)39-20-14-12-17(13-15-20)25(26-28(34)21-8-1-3-10-23(21)40-31(26)37)27-29(35)22-9-2-4-11-24(22)41-32(27)38/h1-16,25,33-35H. The Morgan fingerprint density at radius 3 is 1.73 bits per heavy atom. The molecule has 2 aromatic heterocycles. The summed E-state index contributed by atoms with van der Waals surface area (Å²) in [5.74, 6) is -2.86. The first-order valence-corrected chi connectivity index (χ1v) is 12.4. The van der Waals surface area contributed by atoms with Crippen LogP contribution in [0, 0.1) is 0 Å². The summed E-state index contributed by atoms with van der Waals surface area (Å²) in [5, 5.41) is 32.7. The van der Waals surface area contributed by atoms with Gasteiger partial charge in [0.2, 0.25) is 0 Å². The number of benzene rings is 4. The van der Waals surface area contributed by atoms with Crippen molar-refractivity contribution in [3.05, 3.63) is 140 Å². The number of phenolic OH excluding ortho intramolecular Hbond substituents is 1. The van der Waals surface area contributed by atoms with Gasteiger partial charge in [0, 0.05) is 0 Å². The number of carbonyl (C=O) groups is 1. The monoisotopic (exact) mass is 548 g/mol. The molecule has 6 rings (SSSR count). The number of rotatable bonds is 5. The first-order valence-electron chi connectivity index (χ1n) is 12.4. The van der Waals surface area contributed by atoms with Crippen molar-refractivity contribution in [3.63, 3.8) is 0 Å². The van der Waals surface area contributed by atoms with Gasteiger partial charge >= 0.3 is 17.2 Å². The Morgan fingerprint density at radius 1 is 0.659 bits per heavy atom. The van der Waals surface area contributed by atoms with Crippen molar-refractivity contribution >= 4 is 27.9 Å². The molecule has 9 heteroatoms. The van der Waals surface area contributed by atoms with E-state index in [2.05, 4.69) is 0 Å². The number of phenols is 1. The average molecular weight is 549 g/mol. The van der Waals surface area contributed by atoms with Gasteiger partial charge < -0.3 is 28.9 Å². The molecular formula is C32H20O9. The van der Waals surface area contributed by atoms with Crippen LogP contribution in [0.5, 0.6) is 23.0 Å². The van der Waals surface area contributed by atoms with Crippen molar-refractivity contribution in [3.8, 4) is 23.0 Å². The maximum Gasteiger partial charge on any atom is 0.344 e. The van der Waals surface area contributed by atoms with Gasteiger partial charge in [0.05, 0.1) is 33.4 Å². The molecule has 0 saturated carbocycles. The van der Waals surface area contributed by atoms with Gasteiger partial charge in [0.1, 0.15) is 34.2 Å². The predicted molar refractivity (Wildman–Crippen MR) is 149 cm³/mol. The van der Waals surface area contributed by atoms with Crippen LogP contribution in [0.15, 0.2) is 115 Å². The Bertz CT molecular complexity index is 1970. The first-order chi connectivity index (χ1) is 19.8. The summed E-state index contributed by atoms with van der Waals surface area (Å²) < 4.78 is 16.4. The minimum atomic E-state index is -1.33. The molecule has 0 atom stereocenters. The third kappa shape index (κ3) is 4.55. The molecule has 0 spiro atoms. The molecule has 2 heterocycles. The highest BCUT2D eigenvalue weighted by Crippen LogP contribution is 2.42. The van der Waals surface area contributed by atoms with E-state index in [0.717, 1.165) is 0 Å². The number of para-hydroxylation sites is 2. The highest BCUT2D eigenvalue weighted by atomic mass is 16.5. The molecule has 0 unspecified atom stereocenters. The summed E-state index contributed by atoms with van der Waals surface area (Å²) in [6.07, 6.45) is 0. The van der Waals surface area contributed by atoms with E-state index in [-0.39, 0.29) is 55.7 Å². The van der Waals surface area contributed by atoms with Crippen LogP contribution in [0.1, 0.15) is 33.0 Å². The molecule has 0 aliphatic carbocycles. The van der Waals surface area contributed by atoms with Crippen molar-refractivity contribution in [2.24, 2.45) is 0 Å². The molecule has 3 N–H and O–H groups in total. The minimum Gasteiger partial charge on any atom is -0.508 e. The second-order valence-electron chi connectivity index (χ2n) is 9.24. The second kappa shape index (κ2) is 10.0. The minimum absolute atomic E-state index is 0.0966. The van der Waals surface area contributed by atoms with Gasteiger partial charge in [-0.05, 0) is 60.2 Å². The van der Waals surface area contributed by atoms with E-state index < -0.39 is 34.6 Å². The maximum absolute atomic E-state index is 13.3. The van der Waals surface area contributed by atoms with Crippen LogP contribution in [0.4, 0.5) is 0 Å². The number of fused-ring (bicyclic) bond motifs is 2. The Labute approximate surface area is 230 Å². The lowest BCUT2D eigenvalue weighted by molar-refractivity contribution is 0.0734. The highest BCUT2D eigenvalue weighted by Gasteiger charge is 2.32. The highest BCUT2D eigenvalue weighted by molar-refractivity contribution is 5.91. The zero-order valence-electron chi connectivity index (χ0n) is 21.1. The average Bonchev–Trinajstić information content (AvgIpc) is 2.97. The quantitative estimate of drug-likeness (QED) is 0.146. The lowest BCUT2D eigenvalue weighted by atomic mass is 9.84. The van der Waals surface area contributed by atoms with Crippen LogP contribution in [-0.2, 0) is 0 Å². The van der Waals surface area contributed by atoms with Crippen LogP contribution in [0.25, 0.3) is 21.9 Å². The SMILES string of the molecule is O=C(Oc1ccc(C(c2c(O)c3ccccc3oc2=O)c2c(O)c3ccccc3oc2=O)cc1)c1cccc(O)c1. The van der Waals surface area contributed by atoms with E-state index >= 15 is 0 Å². The fourth-order valence-electron chi connectivity index (χ4n) is 4.81. The van der Waals surface area contributed by atoms with Gasteiger partial charge in [-0.3, -0.25) is 0 Å². The van der Waals surface area contributed by atoms with E-state index in [4.69, 9.17) is 13.6 Å². The number of carbonyl (C=O) groups excluding carboxylic acids is 1. The molecule has 0 aliphatic rings. The van der Waals surface area contributed by atoms with Crippen molar-refractivity contribution < 1.29 is 33.7 Å². The van der Waals surface area contributed by atoms with Gasteiger partial charge in [-0.2, -0.15) is 0 Å². The Kier molecular flexibility index (Phi) is 6.24. The fraction of sp³-hybridized carbons (Fsp3) is 0.0312. The summed E-state index contributed by atoms with van der Waals surface area (Å²) in [4.78, 5) is 39.1. The van der Waals surface area contributed by atoms with Crippen LogP contribution in [-0.4, -0.2) is 21.3 Å². The zero-order valence-corrected chi connectivity index (χ0v) is 21.1. The summed E-state index contributed by atoms with van der Waals surface area (Å²) in [7, 11) is 0. The molecule has 41 heavy (non-hydrogen) atoms. The molecule has 0 amide bonds. The molecule has 0 bridgehead atoms. The number of ether oxygens (including phenoxy) is 1. The third-order valence-electron chi connectivity index (χ3n) is 6.72. The largest absolute Gasteiger partial charge is 0.508 e. The smallest absolute Gasteiger partial charge is 0.344 e. The Morgan fingerprint density at radius 2 is 1.20 bits per heavy atom. The first kappa shape index (κ1) is 25.4. The number of esters is 1. The van der Waals surface area contributed by atoms with Crippen molar-refractivity contribution in [2.75, 3.05) is 0 Å². The fourth-order valence-corrected chi connectivity index (χ4v) is 4.81. The summed E-state index contributed by atoms with van der Waals surface area (Å²) in [5.41, 5.74) is -1.71. The normalized spacial score (nSPS) is 11.2. The second-order valence-corrected chi connectivity index (χ2v) is 9.24. The Balaban J connectivity index is 1.52. The molecular weight excluding hydrogens is 528 g/mol. The van der Waals surface area contributed by atoms with Crippen LogP contribution >= 0.6 is 0 Å². The Hall–Kier alpha value is -5.83. The molecule has 0 saturated heterocycles. The molecule has 6 aromatic rings. The van der Waals surface area contributed by atoms with Gasteiger partial charge in [-0.15, -0.1) is 0 Å². The summed E-state index contributed by atoms with van der Waals surface area (Å²) in [6.45, 7) is 0. The zero-order chi connectivity index (χ0) is 28.7. The topological polar surface area (TPSA) is 147 Å². The molecule has 0 aliphatic heterocycles. The van der Waals surface area contributed by atoms with Crippen molar-refractivity contribution in [1.82, 2.24) is 0 Å². The lowest BCUT2D eigenvalue weighted by Gasteiger charge is -2.20. The van der Waals surface area contributed by atoms with E-state index in [9.17, 15) is 29.7 Å². The lowest BCUT2D eigenvalue weighted by Crippen LogP contribution is -2.21. The number of aromatic hydroxyl groups is 3. The van der Waals surface area contributed by atoms with Crippen LogP contribution in [0.3, 0.4) is 0 Å². The molecule has 202 valence electrons. The number of hydrogen-bond acceptors (Lipinski definition) is 9. The van der Waals surface area contributed by atoms with Gasteiger partial charge in [-0.25, -0.2) is 14.4 Å². The van der Waals surface area contributed by atoms with Crippen LogP contribution < -0.4 is 16.0 Å². The van der Waals surface area contributed by atoms with Gasteiger partial charge in [0.15, 0.2) is 0 Å². The van der Waals surface area contributed by atoms with E-state index in [1.54, 1.807) is 36.4 Å². The predicted octanol–water partition coefficient (Wildman–Crippen LogP) is 5.42. The van der Waals surface area contributed by atoms with E-state index in [0.29, 0.717) is 0 Å². The van der Waals surface area contributed by atoms with E-state index in [1.165, 1.54) is 60.7 Å². The van der Waals surface area contributed by atoms with Crippen molar-refractivity contribution in [1.29, 1.82) is 0 Å². The third-order valence-corrected chi connectivity index (χ3v) is 6.72. The summed E-state index contributed by atoms with van der Waals surface area (Å²) in [6, 6.07) is 24.2. The van der Waals surface area contributed by atoms with Crippen molar-refractivity contribution in [2.45, 2.75) is 5.92 Å². The molecule has 9 nitrogen and oxygen atoms in total. The van der Waals surface area contributed by atoms with Crippen LogP contribution in [0.2, 0.25) is 0 Å². The number of hydrogen-bond donors (Lipinski definition) is 3. The van der Waals surface area contributed by atoms with Gasteiger partial charge in [0.25, 0.3) is 0 Å². The molecule has 0 fully saturated rings. The summed E-state index contributed by atoms with van der Waals surface area (Å²) >= 11 is 0. The molecule has 0 radical (unpaired) electrons. The molecule has 4 aromatic carbocycles.